The Bertz CT molecular complexity index is 1220. The first-order valence-electron chi connectivity index (χ1n) is 11.6. The summed E-state index contributed by atoms with van der Waals surface area (Å²) in [5.74, 6) is -0.502. The van der Waals surface area contributed by atoms with E-state index in [1.165, 1.54) is 24.1 Å². The molecular formula is C25H32Cl3N3O5S. The number of rotatable bonds is 12. The van der Waals surface area contributed by atoms with Gasteiger partial charge in [0.15, 0.2) is 0 Å². The zero-order valence-corrected chi connectivity index (χ0v) is 24.5. The Labute approximate surface area is 233 Å². The van der Waals surface area contributed by atoms with E-state index >= 15 is 0 Å². The summed E-state index contributed by atoms with van der Waals surface area (Å²) in [5.41, 5.74) is 0.738. The second kappa shape index (κ2) is 13.6. The zero-order chi connectivity index (χ0) is 27.9. The van der Waals surface area contributed by atoms with Crippen LogP contribution in [0.15, 0.2) is 36.4 Å². The minimum atomic E-state index is -3.95. The van der Waals surface area contributed by atoms with Crippen LogP contribution in [-0.4, -0.2) is 57.6 Å². The van der Waals surface area contributed by atoms with Gasteiger partial charge < -0.3 is 15.0 Å². The van der Waals surface area contributed by atoms with Crippen LogP contribution in [0.25, 0.3) is 0 Å². The first-order valence-corrected chi connectivity index (χ1v) is 14.6. The minimum Gasteiger partial charge on any atom is -0.495 e. The van der Waals surface area contributed by atoms with E-state index in [2.05, 4.69) is 5.32 Å². The van der Waals surface area contributed by atoms with E-state index in [0.717, 1.165) is 10.6 Å². The van der Waals surface area contributed by atoms with Gasteiger partial charge in [0.05, 0.1) is 29.1 Å². The molecule has 1 atom stereocenters. The predicted octanol–water partition coefficient (Wildman–Crippen LogP) is 5.00. The van der Waals surface area contributed by atoms with Crippen LogP contribution < -0.4 is 14.4 Å². The summed E-state index contributed by atoms with van der Waals surface area (Å²) in [4.78, 5) is 28.2. The molecule has 2 aromatic carbocycles. The molecule has 0 spiro atoms. The van der Waals surface area contributed by atoms with Crippen LogP contribution >= 0.6 is 34.8 Å². The smallest absolute Gasteiger partial charge is 0.244 e. The van der Waals surface area contributed by atoms with Gasteiger partial charge in [-0.1, -0.05) is 61.6 Å². The Morgan fingerprint density at radius 3 is 2.27 bits per heavy atom. The number of sulfonamides is 1. The van der Waals surface area contributed by atoms with Crippen molar-refractivity contribution in [2.75, 3.05) is 30.8 Å². The molecule has 0 unspecified atom stereocenters. The largest absolute Gasteiger partial charge is 0.495 e. The van der Waals surface area contributed by atoms with E-state index in [4.69, 9.17) is 39.5 Å². The van der Waals surface area contributed by atoms with Crippen molar-refractivity contribution in [3.8, 4) is 5.75 Å². The Balaban J connectivity index is 2.52. The molecule has 0 heterocycles. The predicted molar refractivity (Wildman–Crippen MR) is 149 cm³/mol. The summed E-state index contributed by atoms with van der Waals surface area (Å²) < 4.78 is 31.8. The molecule has 1 N–H and O–H groups in total. The molecule has 0 fully saturated rings. The van der Waals surface area contributed by atoms with Crippen molar-refractivity contribution in [3.63, 3.8) is 0 Å². The lowest BCUT2D eigenvalue weighted by atomic mass is 10.1. The normalized spacial score (nSPS) is 12.2. The lowest BCUT2D eigenvalue weighted by molar-refractivity contribution is -0.140. The topological polar surface area (TPSA) is 96.0 Å². The first kappa shape index (κ1) is 31.0. The molecule has 0 aliphatic heterocycles. The fourth-order valence-corrected chi connectivity index (χ4v) is 4.96. The summed E-state index contributed by atoms with van der Waals surface area (Å²) in [6, 6.07) is 8.52. The number of ether oxygens (including phenoxy) is 1. The third-order valence-corrected chi connectivity index (χ3v) is 7.60. The number of carbonyl (C=O) groups excluding carboxylic acids is 2. The van der Waals surface area contributed by atoms with Crippen molar-refractivity contribution >= 4 is 62.3 Å². The number of halogens is 3. The van der Waals surface area contributed by atoms with Crippen LogP contribution in [0, 0.1) is 5.92 Å². The molecule has 0 aliphatic carbocycles. The van der Waals surface area contributed by atoms with Gasteiger partial charge in [-0.05, 0) is 48.2 Å². The van der Waals surface area contributed by atoms with Crippen LogP contribution in [0.2, 0.25) is 15.1 Å². The van der Waals surface area contributed by atoms with E-state index in [0.29, 0.717) is 28.6 Å². The number of hydrogen-bond donors (Lipinski definition) is 1. The lowest BCUT2D eigenvalue weighted by Gasteiger charge is -2.33. The molecule has 37 heavy (non-hydrogen) atoms. The van der Waals surface area contributed by atoms with Crippen LogP contribution in [0.1, 0.15) is 32.8 Å². The Hall–Kier alpha value is -2.20. The van der Waals surface area contributed by atoms with Crippen molar-refractivity contribution in [3.05, 3.63) is 57.0 Å². The van der Waals surface area contributed by atoms with Gasteiger partial charge in [0, 0.05) is 18.1 Å². The molecule has 8 nitrogen and oxygen atoms in total. The minimum absolute atomic E-state index is 0.00755. The molecular weight excluding hydrogens is 561 g/mol. The van der Waals surface area contributed by atoms with Gasteiger partial charge >= 0.3 is 0 Å². The van der Waals surface area contributed by atoms with Gasteiger partial charge in [-0.2, -0.15) is 0 Å². The van der Waals surface area contributed by atoms with Crippen LogP contribution in [0.5, 0.6) is 5.75 Å². The number of methoxy groups -OCH3 is 1. The van der Waals surface area contributed by atoms with E-state index in [-0.39, 0.29) is 34.8 Å². The van der Waals surface area contributed by atoms with Crippen molar-refractivity contribution in [2.45, 2.75) is 39.8 Å². The maximum Gasteiger partial charge on any atom is 0.244 e. The zero-order valence-electron chi connectivity index (χ0n) is 21.4. The number of amides is 2. The standard InChI is InChI=1S/C25H32Cl3N3O5S/c1-6-21(25(33)29-13-16(2)3)30(14-17-7-9-19(27)20(28)11-17)24(32)15-31(37(5,34)35)22-12-18(26)8-10-23(22)36-4/h7-12,16,21H,6,13-15H2,1-5H3,(H,29,33)/t21-/m0/s1. The molecule has 0 aromatic heterocycles. The fourth-order valence-electron chi connectivity index (χ4n) is 3.63. The number of nitrogens with zero attached hydrogens (tertiary/aromatic N) is 2. The molecule has 2 amide bonds. The molecule has 12 heteroatoms. The van der Waals surface area contributed by atoms with E-state index in [1.54, 1.807) is 31.2 Å². The van der Waals surface area contributed by atoms with Crippen molar-refractivity contribution in [2.24, 2.45) is 5.92 Å². The fraction of sp³-hybridized carbons (Fsp3) is 0.440. The molecule has 0 radical (unpaired) electrons. The van der Waals surface area contributed by atoms with E-state index in [1.807, 2.05) is 13.8 Å². The second-order valence-corrected chi connectivity index (χ2v) is 12.1. The molecule has 0 saturated heterocycles. The van der Waals surface area contributed by atoms with E-state index < -0.39 is 28.5 Å². The highest BCUT2D eigenvalue weighted by atomic mass is 35.5. The second-order valence-electron chi connectivity index (χ2n) is 8.92. The monoisotopic (exact) mass is 591 g/mol. The Kier molecular flexibility index (Phi) is 11.4. The van der Waals surface area contributed by atoms with Gasteiger partial charge in [0.25, 0.3) is 0 Å². The number of anilines is 1. The van der Waals surface area contributed by atoms with Crippen LogP contribution in [0.3, 0.4) is 0 Å². The third kappa shape index (κ3) is 8.67. The van der Waals surface area contributed by atoms with Crippen LogP contribution in [-0.2, 0) is 26.2 Å². The van der Waals surface area contributed by atoms with Crippen LogP contribution in [0.4, 0.5) is 5.69 Å². The molecule has 204 valence electrons. The van der Waals surface area contributed by atoms with Gasteiger partial charge in [-0.15, -0.1) is 0 Å². The van der Waals surface area contributed by atoms with Crippen molar-refractivity contribution in [1.82, 2.24) is 10.2 Å². The highest BCUT2D eigenvalue weighted by Crippen LogP contribution is 2.33. The summed E-state index contributed by atoms with van der Waals surface area (Å²) in [7, 11) is -2.56. The average Bonchev–Trinajstić information content (AvgIpc) is 2.82. The summed E-state index contributed by atoms with van der Waals surface area (Å²) >= 11 is 18.4. The van der Waals surface area contributed by atoms with Gasteiger partial charge in [-0.3, -0.25) is 13.9 Å². The first-order chi connectivity index (χ1) is 17.3. The maximum atomic E-state index is 13.8. The lowest BCUT2D eigenvalue weighted by Crippen LogP contribution is -2.52. The molecule has 0 bridgehead atoms. The number of nitrogens with one attached hydrogen (secondary N) is 1. The maximum absolute atomic E-state index is 13.8. The van der Waals surface area contributed by atoms with Gasteiger partial charge in [0.2, 0.25) is 21.8 Å². The molecule has 0 aliphatic rings. The van der Waals surface area contributed by atoms with Crippen molar-refractivity contribution < 1.29 is 22.7 Å². The van der Waals surface area contributed by atoms with Gasteiger partial charge in [0.1, 0.15) is 18.3 Å². The Morgan fingerprint density at radius 2 is 1.73 bits per heavy atom. The Morgan fingerprint density at radius 1 is 1.05 bits per heavy atom. The van der Waals surface area contributed by atoms with Gasteiger partial charge in [-0.25, -0.2) is 8.42 Å². The SMILES string of the molecule is CC[C@@H](C(=O)NCC(C)C)N(Cc1ccc(Cl)c(Cl)c1)C(=O)CN(c1cc(Cl)ccc1OC)S(C)(=O)=O. The molecule has 0 saturated carbocycles. The average molecular weight is 593 g/mol. The summed E-state index contributed by atoms with van der Waals surface area (Å²) in [5, 5.41) is 3.78. The quantitative estimate of drug-likeness (QED) is 0.374. The number of benzene rings is 2. The number of carbonyl (C=O) groups is 2. The summed E-state index contributed by atoms with van der Waals surface area (Å²) in [6.45, 7) is 5.56. The van der Waals surface area contributed by atoms with E-state index in [9.17, 15) is 18.0 Å². The highest BCUT2D eigenvalue weighted by molar-refractivity contribution is 7.92. The molecule has 2 aromatic rings. The third-order valence-electron chi connectivity index (χ3n) is 5.50. The molecule has 2 rings (SSSR count). The van der Waals surface area contributed by atoms with Crippen molar-refractivity contribution in [1.29, 1.82) is 0 Å². The highest BCUT2D eigenvalue weighted by Gasteiger charge is 2.32. The number of hydrogen-bond acceptors (Lipinski definition) is 5. The summed E-state index contributed by atoms with van der Waals surface area (Å²) in [6.07, 6.45) is 1.28.